The van der Waals surface area contributed by atoms with Gasteiger partial charge < -0.3 is 9.84 Å². The summed E-state index contributed by atoms with van der Waals surface area (Å²) in [6, 6.07) is 0.587. The summed E-state index contributed by atoms with van der Waals surface area (Å²) >= 11 is 1.98. The lowest BCUT2D eigenvalue weighted by Crippen LogP contribution is -2.51. The third-order valence-electron chi connectivity index (χ3n) is 4.40. The number of ether oxygens (including phenoxy) is 1. The number of rotatable bonds is 5. The van der Waals surface area contributed by atoms with Crippen molar-refractivity contribution >= 4 is 17.7 Å². The lowest BCUT2D eigenvalue weighted by molar-refractivity contribution is -0.139. The molecule has 0 saturated carbocycles. The number of carbonyl (C=O) groups is 1. The fourth-order valence-electron chi connectivity index (χ4n) is 3.45. The highest BCUT2D eigenvalue weighted by molar-refractivity contribution is 7.99. The summed E-state index contributed by atoms with van der Waals surface area (Å²) in [4.78, 5) is 13.3. The van der Waals surface area contributed by atoms with Gasteiger partial charge in [-0.1, -0.05) is 6.92 Å². The smallest absolute Gasteiger partial charge is 0.304 e. The molecule has 1 N–H and O–H groups in total. The van der Waals surface area contributed by atoms with Gasteiger partial charge >= 0.3 is 5.97 Å². The fourth-order valence-corrected chi connectivity index (χ4v) is 4.83. The summed E-state index contributed by atoms with van der Waals surface area (Å²) in [5.41, 5.74) is 0.0734. The van der Waals surface area contributed by atoms with Crippen molar-refractivity contribution in [2.45, 2.75) is 57.2 Å². The van der Waals surface area contributed by atoms with Gasteiger partial charge in [-0.15, -0.1) is 0 Å². The zero-order valence-corrected chi connectivity index (χ0v) is 12.7. The molecular formula is C14H25NO3S. The van der Waals surface area contributed by atoms with Gasteiger partial charge in [0.05, 0.1) is 12.0 Å². The van der Waals surface area contributed by atoms with Gasteiger partial charge in [0, 0.05) is 24.4 Å². The second-order valence-corrected chi connectivity index (χ2v) is 6.86. The van der Waals surface area contributed by atoms with E-state index in [1.807, 2.05) is 18.7 Å². The normalized spacial score (nSPS) is 32.9. The summed E-state index contributed by atoms with van der Waals surface area (Å²) in [6.07, 6.45) is 3.48. The van der Waals surface area contributed by atoms with Crippen molar-refractivity contribution < 1.29 is 14.6 Å². The second-order valence-electron chi connectivity index (χ2n) is 5.76. The molecule has 0 aliphatic carbocycles. The molecule has 3 atom stereocenters. The minimum atomic E-state index is -0.704. The van der Waals surface area contributed by atoms with Crippen LogP contribution in [0.1, 0.15) is 39.5 Å². The Kier molecular flexibility index (Phi) is 5.15. The van der Waals surface area contributed by atoms with E-state index in [-0.39, 0.29) is 18.1 Å². The van der Waals surface area contributed by atoms with Crippen molar-refractivity contribution in [3.63, 3.8) is 0 Å². The molecule has 0 aromatic carbocycles. The van der Waals surface area contributed by atoms with Gasteiger partial charge in [0.15, 0.2) is 0 Å². The van der Waals surface area contributed by atoms with Crippen LogP contribution in [0.4, 0.5) is 0 Å². The van der Waals surface area contributed by atoms with E-state index in [1.54, 1.807) is 0 Å². The number of nitrogens with zero attached hydrogens (tertiary/aromatic N) is 1. The molecule has 2 rings (SSSR count). The zero-order valence-electron chi connectivity index (χ0n) is 11.9. The number of thioether (sulfide) groups is 1. The number of hydrogen-bond acceptors (Lipinski definition) is 4. The van der Waals surface area contributed by atoms with Crippen LogP contribution in [-0.2, 0) is 9.53 Å². The molecule has 3 unspecified atom stereocenters. The molecule has 0 aromatic heterocycles. The monoisotopic (exact) mass is 287 g/mol. The number of carboxylic acid groups (broad SMARTS) is 1. The van der Waals surface area contributed by atoms with Gasteiger partial charge in [-0.3, -0.25) is 9.69 Å². The first kappa shape index (κ1) is 15.1. The van der Waals surface area contributed by atoms with Gasteiger partial charge in [0.2, 0.25) is 0 Å². The maximum Gasteiger partial charge on any atom is 0.304 e. The van der Waals surface area contributed by atoms with Gasteiger partial charge in [-0.25, -0.2) is 0 Å². The average molecular weight is 287 g/mol. The van der Waals surface area contributed by atoms with Crippen LogP contribution < -0.4 is 0 Å². The summed E-state index contributed by atoms with van der Waals surface area (Å²) in [5.74, 6) is 1.60. The van der Waals surface area contributed by atoms with E-state index in [0.29, 0.717) is 6.04 Å². The van der Waals surface area contributed by atoms with E-state index in [9.17, 15) is 4.79 Å². The fraction of sp³-hybridized carbons (Fsp3) is 0.929. The van der Waals surface area contributed by atoms with Gasteiger partial charge in [-0.2, -0.15) is 11.8 Å². The van der Waals surface area contributed by atoms with Crippen molar-refractivity contribution in [2.24, 2.45) is 0 Å². The highest BCUT2D eigenvalue weighted by atomic mass is 32.2. The quantitative estimate of drug-likeness (QED) is 0.840. The van der Waals surface area contributed by atoms with E-state index < -0.39 is 5.97 Å². The maximum atomic E-state index is 10.9. The van der Waals surface area contributed by atoms with E-state index >= 15 is 0 Å². The van der Waals surface area contributed by atoms with Crippen LogP contribution in [0.25, 0.3) is 0 Å². The molecule has 110 valence electrons. The molecule has 2 aliphatic rings. The van der Waals surface area contributed by atoms with Gasteiger partial charge in [0.1, 0.15) is 0 Å². The van der Waals surface area contributed by atoms with Crippen molar-refractivity contribution in [3.05, 3.63) is 0 Å². The Morgan fingerprint density at radius 1 is 1.63 bits per heavy atom. The molecule has 5 heteroatoms. The Bertz CT molecular complexity index is 318. The first-order valence-corrected chi connectivity index (χ1v) is 8.41. The maximum absolute atomic E-state index is 10.9. The molecular weight excluding hydrogens is 262 g/mol. The summed E-state index contributed by atoms with van der Waals surface area (Å²) in [6.45, 7) is 5.90. The van der Waals surface area contributed by atoms with Crippen LogP contribution in [0.3, 0.4) is 0 Å². The van der Waals surface area contributed by atoms with Crippen molar-refractivity contribution in [1.29, 1.82) is 0 Å². The molecule has 2 fully saturated rings. The zero-order chi connectivity index (χ0) is 13.9. The van der Waals surface area contributed by atoms with Crippen molar-refractivity contribution in [1.82, 2.24) is 4.90 Å². The SMILES string of the molecule is CCN(C(C)CC(=O)O)C1CCOC2(CCSC2)C1. The molecule has 2 saturated heterocycles. The Morgan fingerprint density at radius 3 is 3.00 bits per heavy atom. The third kappa shape index (κ3) is 3.64. The van der Waals surface area contributed by atoms with E-state index in [0.717, 1.165) is 38.2 Å². The minimum absolute atomic E-state index is 0.0734. The van der Waals surface area contributed by atoms with Gasteiger partial charge in [0.25, 0.3) is 0 Å². The molecule has 1 spiro atoms. The number of carboxylic acids is 1. The standard InChI is InChI=1S/C14H25NO3S/c1-3-15(11(2)8-13(16)17)12-4-6-18-14(9-12)5-7-19-10-14/h11-12H,3-10H2,1-2H3,(H,16,17). The van der Waals surface area contributed by atoms with Crippen LogP contribution >= 0.6 is 11.8 Å². The van der Waals surface area contributed by atoms with Gasteiger partial charge in [-0.05, 0) is 38.5 Å². The number of aliphatic carboxylic acids is 1. The molecule has 0 radical (unpaired) electrons. The van der Waals surface area contributed by atoms with Crippen molar-refractivity contribution in [3.8, 4) is 0 Å². The van der Waals surface area contributed by atoms with E-state index in [1.165, 1.54) is 5.75 Å². The Hall–Kier alpha value is -0.260. The molecule has 4 nitrogen and oxygen atoms in total. The van der Waals surface area contributed by atoms with Crippen molar-refractivity contribution in [2.75, 3.05) is 24.7 Å². The molecule has 0 aromatic rings. The molecule has 0 bridgehead atoms. The molecule has 19 heavy (non-hydrogen) atoms. The third-order valence-corrected chi connectivity index (χ3v) is 5.63. The summed E-state index contributed by atoms with van der Waals surface area (Å²) < 4.78 is 6.05. The lowest BCUT2D eigenvalue weighted by Gasteiger charge is -2.44. The second kappa shape index (κ2) is 6.46. The largest absolute Gasteiger partial charge is 0.481 e. The Morgan fingerprint density at radius 2 is 2.42 bits per heavy atom. The first-order valence-electron chi connectivity index (χ1n) is 7.25. The van der Waals surface area contributed by atoms with Crippen LogP contribution in [0, 0.1) is 0 Å². The predicted molar refractivity (Wildman–Crippen MR) is 77.7 cm³/mol. The van der Waals surface area contributed by atoms with E-state index in [2.05, 4.69) is 11.8 Å². The topological polar surface area (TPSA) is 49.8 Å². The number of hydrogen-bond donors (Lipinski definition) is 1. The summed E-state index contributed by atoms with van der Waals surface area (Å²) in [7, 11) is 0. The molecule has 0 amide bonds. The lowest BCUT2D eigenvalue weighted by atomic mass is 9.88. The van der Waals surface area contributed by atoms with Crippen LogP contribution in [0.2, 0.25) is 0 Å². The van der Waals surface area contributed by atoms with Crippen LogP contribution in [0.15, 0.2) is 0 Å². The molecule has 2 aliphatic heterocycles. The van der Waals surface area contributed by atoms with Crippen LogP contribution in [-0.4, -0.2) is 58.3 Å². The minimum Gasteiger partial charge on any atom is -0.481 e. The predicted octanol–water partition coefficient (Wildman–Crippen LogP) is 2.23. The summed E-state index contributed by atoms with van der Waals surface area (Å²) in [5, 5.41) is 8.98. The first-order chi connectivity index (χ1) is 9.06. The Balaban J connectivity index is 1.99. The Labute approximate surface area is 119 Å². The average Bonchev–Trinajstić information content (AvgIpc) is 2.77. The highest BCUT2D eigenvalue weighted by Crippen LogP contribution is 2.39. The van der Waals surface area contributed by atoms with E-state index in [4.69, 9.17) is 9.84 Å². The highest BCUT2D eigenvalue weighted by Gasteiger charge is 2.42. The van der Waals surface area contributed by atoms with Crippen LogP contribution in [0.5, 0.6) is 0 Å². The molecule has 2 heterocycles.